The number of hydrogen-bond acceptors (Lipinski definition) is 2. The van der Waals surface area contributed by atoms with Crippen molar-refractivity contribution < 1.29 is 4.79 Å². The summed E-state index contributed by atoms with van der Waals surface area (Å²) in [6, 6.07) is 23.1. The summed E-state index contributed by atoms with van der Waals surface area (Å²) in [6.45, 7) is 0. The van der Waals surface area contributed by atoms with Crippen molar-refractivity contribution in [3.63, 3.8) is 0 Å². The molecule has 4 heteroatoms. The van der Waals surface area contributed by atoms with Crippen molar-refractivity contribution >= 4 is 5.91 Å². The van der Waals surface area contributed by atoms with E-state index in [9.17, 15) is 9.59 Å². The van der Waals surface area contributed by atoms with Crippen LogP contribution in [-0.4, -0.2) is 10.9 Å². The van der Waals surface area contributed by atoms with Gasteiger partial charge >= 0.3 is 0 Å². The predicted octanol–water partition coefficient (Wildman–Crippen LogP) is 2.89. The Morgan fingerprint density at radius 1 is 0.826 bits per heavy atom. The molecule has 2 N–H and O–H groups in total. The van der Waals surface area contributed by atoms with Crippen LogP contribution in [-0.2, 0) is 0 Å². The van der Waals surface area contributed by atoms with E-state index < -0.39 is 6.04 Å². The van der Waals surface area contributed by atoms with Crippen LogP contribution in [0, 0.1) is 0 Å². The number of H-pyrrole nitrogens is 1. The molecular weight excluding hydrogens is 288 g/mol. The zero-order chi connectivity index (χ0) is 16.1. The maximum Gasteiger partial charge on any atom is 0.252 e. The molecule has 114 valence electrons. The van der Waals surface area contributed by atoms with Crippen molar-refractivity contribution in [1.82, 2.24) is 10.3 Å². The van der Waals surface area contributed by atoms with Gasteiger partial charge in [-0.05, 0) is 23.8 Å². The Bertz CT molecular complexity index is 842. The Morgan fingerprint density at radius 3 is 2.13 bits per heavy atom. The second-order valence-corrected chi connectivity index (χ2v) is 5.15. The second kappa shape index (κ2) is 6.75. The van der Waals surface area contributed by atoms with E-state index in [1.807, 2.05) is 48.5 Å². The van der Waals surface area contributed by atoms with Crippen LogP contribution >= 0.6 is 0 Å². The van der Waals surface area contributed by atoms with Crippen LogP contribution in [0.3, 0.4) is 0 Å². The molecule has 0 saturated carbocycles. The van der Waals surface area contributed by atoms with Crippen molar-refractivity contribution in [3.05, 3.63) is 106 Å². The monoisotopic (exact) mass is 304 g/mol. The molecule has 0 fully saturated rings. The summed E-state index contributed by atoms with van der Waals surface area (Å²) in [5, 5.41) is 2.98. The number of rotatable bonds is 4. The molecule has 1 heterocycles. The van der Waals surface area contributed by atoms with Crippen LogP contribution in [0.5, 0.6) is 0 Å². The molecule has 23 heavy (non-hydrogen) atoms. The molecule has 2 aromatic carbocycles. The molecule has 4 nitrogen and oxygen atoms in total. The van der Waals surface area contributed by atoms with Gasteiger partial charge in [0.25, 0.3) is 5.91 Å². The van der Waals surface area contributed by atoms with Crippen molar-refractivity contribution in [2.75, 3.05) is 0 Å². The normalized spacial score (nSPS) is 11.7. The van der Waals surface area contributed by atoms with E-state index in [0.29, 0.717) is 11.3 Å². The Morgan fingerprint density at radius 2 is 1.48 bits per heavy atom. The topological polar surface area (TPSA) is 62.0 Å². The van der Waals surface area contributed by atoms with Crippen LogP contribution in [0.1, 0.15) is 27.7 Å². The molecule has 0 aliphatic carbocycles. The van der Waals surface area contributed by atoms with Crippen LogP contribution < -0.4 is 10.9 Å². The quantitative estimate of drug-likeness (QED) is 0.778. The van der Waals surface area contributed by atoms with Gasteiger partial charge in [0.15, 0.2) is 0 Å². The van der Waals surface area contributed by atoms with Gasteiger partial charge in [-0.2, -0.15) is 0 Å². The summed E-state index contributed by atoms with van der Waals surface area (Å²) < 4.78 is 0. The minimum atomic E-state index is -0.419. The third-order valence-electron chi connectivity index (χ3n) is 3.55. The highest BCUT2D eigenvalue weighted by Crippen LogP contribution is 2.20. The Labute approximate surface area is 133 Å². The fraction of sp³-hybridized carbons (Fsp3) is 0.0526. The minimum Gasteiger partial charge on any atom is -0.340 e. The first-order valence-corrected chi connectivity index (χ1v) is 7.34. The Kier molecular flexibility index (Phi) is 4.34. The number of hydrogen-bond donors (Lipinski definition) is 2. The average molecular weight is 304 g/mol. The maximum atomic E-state index is 12.5. The first kappa shape index (κ1) is 14.8. The summed E-state index contributed by atoms with van der Waals surface area (Å²) >= 11 is 0. The van der Waals surface area contributed by atoms with Crippen molar-refractivity contribution in [2.24, 2.45) is 0 Å². The zero-order valence-corrected chi connectivity index (χ0v) is 12.4. The van der Waals surface area contributed by atoms with Gasteiger partial charge in [0.1, 0.15) is 0 Å². The van der Waals surface area contributed by atoms with Gasteiger partial charge in [-0.15, -0.1) is 0 Å². The van der Waals surface area contributed by atoms with Crippen LogP contribution in [0.2, 0.25) is 0 Å². The number of benzene rings is 2. The largest absolute Gasteiger partial charge is 0.340 e. The lowest BCUT2D eigenvalue weighted by atomic mass is 10.0. The smallest absolute Gasteiger partial charge is 0.252 e. The number of aromatic nitrogens is 1. The first-order valence-electron chi connectivity index (χ1n) is 7.34. The summed E-state index contributed by atoms with van der Waals surface area (Å²) in [7, 11) is 0. The molecule has 0 saturated heterocycles. The van der Waals surface area contributed by atoms with Crippen molar-refractivity contribution in [1.29, 1.82) is 0 Å². The molecule has 0 spiro atoms. The maximum absolute atomic E-state index is 12.5. The highest BCUT2D eigenvalue weighted by Gasteiger charge is 2.18. The van der Waals surface area contributed by atoms with E-state index in [0.717, 1.165) is 5.56 Å². The number of carbonyl (C=O) groups is 1. The average Bonchev–Trinajstić information content (AvgIpc) is 2.61. The summed E-state index contributed by atoms with van der Waals surface area (Å²) in [4.78, 5) is 26.9. The van der Waals surface area contributed by atoms with Gasteiger partial charge in [-0.3, -0.25) is 9.59 Å². The molecule has 3 aromatic rings. The summed E-state index contributed by atoms with van der Waals surface area (Å²) in [5.74, 6) is -0.191. The number of carbonyl (C=O) groups excluding carboxylic acids is 1. The molecule has 0 aliphatic heterocycles. The summed E-state index contributed by atoms with van der Waals surface area (Å²) in [6.07, 6.45) is 0. The van der Waals surface area contributed by atoms with E-state index in [1.165, 1.54) is 6.07 Å². The standard InChI is InChI=1S/C19H16N2O2/c22-17-13-7-12-16(20-17)18(14-8-3-1-4-9-14)21-19(23)15-10-5-2-6-11-15/h1-13,18H,(H,20,22)(H,21,23). The number of pyridine rings is 1. The fourth-order valence-electron chi connectivity index (χ4n) is 2.42. The van der Waals surface area contributed by atoms with Crippen LogP contribution in [0.25, 0.3) is 0 Å². The molecule has 1 aromatic heterocycles. The van der Waals surface area contributed by atoms with E-state index >= 15 is 0 Å². The van der Waals surface area contributed by atoms with Gasteiger partial charge in [-0.1, -0.05) is 54.6 Å². The number of nitrogens with one attached hydrogen (secondary N) is 2. The second-order valence-electron chi connectivity index (χ2n) is 5.15. The van der Waals surface area contributed by atoms with Gasteiger partial charge in [0.2, 0.25) is 5.56 Å². The van der Waals surface area contributed by atoms with Crippen molar-refractivity contribution in [2.45, 2.75) is 6.04 Å². The van der Waals surface area contributed by atoms with E-state index in [1.54, 1.807) is 24.3 Å². The van der Waals surface area contributed by atoms with Gasteiger partial charge < -0.3 is 10.3 Å². The van der Waals surface area contributed by atoms with Crippen LogP contribution in [0.15, 0.2) is 83.7 Å². The molecule has 0 bridgehead atoms. The van der Waals surface area contributed by atoms with Crippen molar-refractivity contribution in [3.8, 4) is 0 Å². The molecule has 1 atom stereocenters. The lowest BCUT2D eigenvalue weighted by Crippen LogP contribution is -2.30. The number of amides is 1. The predicted molar refractivity (Wildman–Crippen MR) is 89.3 cm³/mol. The minimum absolute atomic E-state index is 0.191. The molecule has 1 unspecified atom stereocenters. The van der Waals surface area contributed by atoms with Gasteiger partial charge in [0, 0.05) is 17.3 Å². The highest BCUT2D eigenvalue weighted by atomic mass is 16.1. The summed E-state index contributed by atoms with van der Waals surface area (Å²) in [5.41, 5.74) is 1.93. The lowest BCUT2D eigenvalue weighted by Gasteiger charge is -2.19. The third-order valence-corrected chi connectivity index (χ3v) is 3.55. The van der Waals surface area contributed by atoms with E-state index in [4.69, 9.17) is 0 Å². The Balaban J connectivity index is 1.96. The number of aromatic amines is 1. The van der Waals surface area contributed by atoms with Crippen LogP contribution in [0.4, 0.5) is 0 Å². The first-order chi connectivity index (χ1) is 11.2. The van der Waals surface area contributed by atoms with Gasteiger partial charge in [0.05, 0.1) is 6.04 Å². The Hall–Kier alpha value is -3.14. The lowest BCUT2D eigenvalue weighted by molar-refractivity contribution is 0.0942. The fourth-order valence-corrected chi connectivity index (χ4v) is 2.42. The molecule has 3 rings (SSSR count). The molecule has 0 radical (unpaired) electrons. The van der Waals surface area contributed by atoms with E-state index in [2.05, 4.69) is 10.3 Å². The molecule has 0 aliphatic rings. The SMILES string of the molecule is O=C(NC(c1ccccc1)c1cccc(=O)[nH]1)c1ccccc1. The van der Waals surface area contributed by atoms with Gasteiger partial charge in [-0.25, -0.2) is 0 Å². The highest BCUT2D eigenvalue weighted by molar-refractivity contribution is 5.94. The third kappa shape index (κ3) is 3.55. The zero-order valence-electron chi connectivity index (χ0n) is 12.4. The molecule has 1 amide bonds. The van der Waals surface area contributed by atoms with E-state index in [-0.39, 0.29) is 11.5 Å². The molecular formula is C19H16N2O2.